The molecule has 1 saturated heterocycles. The average Bonchev–Trinajstić information content (AvgIpc) is 1.91. The van der Waals surface area contributed by atoms with Gasteiger partial charge in [-0.25, -0.2) is 4.79 Å². The van der Waals surface area contributed by atoms with Crippen molar-refractivity contribution in [2.24, 2.45) is 0 Å². The van der Waals surface area contributed by atoms with Gasteiger partial charge in [-0.05, 0) is 0 Å². The van der Waals surface area contributed by atoms with Gasteiger partial charge in [0.05, 0.1) is 0 Å². The molecule has 2 amide bonds. The van der Waals surface area contributed by atoms with Crippen LogP contribution in [-0.2, 0) is 0 Å². The third-order valence-corrected chi connectivity index (χ3v) is 1.28. The Bertz CT molecular complexity index is 94.9. The van der Waals surface area contributed by atoms with Crippen molar-refractivity contribution in [2.75, 3.05) is 13.1 Å². The summed E-state index contributed by atoms with van der Waals surface area (Å²) in [5.41, 5.74) is 0. The van der Waals surface area contributed by atoms with E-state index in [-0.39, 0.29) is 6.03 Å². The Hall–Kier alpha value is -0.513. The molecule has 0 spiro atoms. The van der Waals surface area contributed by atoms with Crippen LogP contribution in [0.15, 0.2) is 0 Å². The molecule has 1 N–H and O–H groups in total. The highest BCUT2D eigenvalue weighted by molar-refractivity contribution is 6.14. The lowest BCUT2D eigenvalue weighted by Gasteiger charge is -2.00. The number of hydrogen-bond donors (Lipinski definition) is 1. The maximum atomic E-state index is 10.3. The lowest BCUT2D eigenvalue weighted by atomic mass is 10.7. The first-order valence-corrected chi connectivity index (χ1v) is 2.52. The van der Waals surface area contributed by atoms with Gasteiger partial charge < -0.3 is 9.88 Å². The molecule has 0 unspecified atom stereocenters. The standard InChI is InChI=1S/C3H5N2OSi/c6-3-4-1-2-5(3)7/h1-2H2,(H,4,6). The summed E-state index contributed by atoms with van der Waals surface area (Å²) in [6, 6.07) is -0.0448. The Balaban J connectivity index is 2.48. The van der Waals surface area contributed by atoms with E-state index in [1.165, 1.54) is 4.57 Å². The van der Waals surface area contributed by atoms with Gasteiger partial charge in [-0.15, -0.1) is 0 Å². The Morgan fingerprint density at radius 2 is 2.57 bits per heavy atom. The molecule has 0 aromatic heterocycles. The molecule has 0 bridgehead atoms. The van der Waals surface area contributed by atoms with Gasteiger partial charge in [-0.3, -0.25) is 0 Å². The third kappa shape index (κ3) is 0.741. The average molecular weight is 113 g/mol. The monoisotopic (exact) mass is 113 g/mol. The fourth-order valence-electron chi connectivity index (χ4n) is 0.472. The molecule has 3 nitrogen and oxygen atoms in total. The van der Waals surface area contributed by atoms with Gasteiger partial charge in [0.1, 0.15) is 0 Å². The second kappa shape index (κ2) is 1.53. The van der Waals surface area contributed by atoms with E-state index in [4.69, 9.17) is 0 Å². The zero-order valence-corrected chi connectivity index (χ0v) is 4.77. The molecule has 0 atom stereocenters. The molecule has 0 aromatic rings. The SMILES string of the molecule is O=C1NCCN1[Si]. The summed E-state index contributed by atoms with van der Waals surface area (Å²) in [6.07, 6.45) is 0. The molecule has 4 heteroatoms. The van der Waals surface area contributed by atoms with E-state index < -0.39 is 0 Å². The molecule has 1 aliphatic heterocycles. The van der Waals surface area contributed by atoms with Crippen LogP contribution in [0, 0.1) is 0 Å². The summed E-state index contributed by atoms with van der Waals surface area (Å²) in [5, 5.41) is 2.61. The lowest BCUT2D eigenvalue weighted by molar-refractivity contribution is 0.236. The van der Waals surface area contributed by atoms with Gasteiger partial charge in [-0.2, -0.15) is 0 Å². The number of carbonyl (C=O) groups excluding carboxylic acids is 1. The van der Waals surface area contributed by atoms with Gasteiger partial charge in [0.2, 0.25) is 0 Å². The normalized spacial score (nSPS) is 20.1. The van der Waals surface area contributed by atoms with E-state index in [2.05, 4.69) is 15.7 Å². The Labute approximate surface area is 45.2 Å². The molecule has 7 heavy (non-hydrogen) atoms. The number of urea groups is 1. The Morgan fingerprint density at radius 3 is 2.71 bits per heavy atom. The Kier molecular flexibility index (Phi) is 1.02. The van der Waals surface area contributed by atoms with Crippen molar-refractivity contribution >= 4 is 16.4 Å². The van der Waals surface area contributed by atoms with Crippen LogP contribution in [0.1, 0.15) is 0 Å². The lowest BCUT2D eigenvalue weighted by Crippen LogP contribution is -2.24. The first-order valence-electron chi connectivity index (χ1n) is 2.07. The fourth-order valence-corrected chi connectivity index (χ4v) is 0.662. The van der Waals surface area contributed by atoms with Gasteiger partial charge in [0.15, 0.2) is 10.4 Å². The minimum atomic E-state index is -0.0448. The van der Waals surface area contributed by atoms with Crippen LogP contribution in [0.25, 0.3) is 0 Å². The predicted molar refractivity (Wildman–Crippen MR) is 25.9 cm³/mol. The highest BCUT2D eigenvalue weighted by atomic mass is 28.2. The minimum absolute atomic E-state index is 0.0448. The zero-order chi connectivity index (χ0) is 5.28. The molecule has 1 heterocycles. The first kappa shape index (κ1) is 4.64. The number of rotatable bonds is 0. The van der Waals surface area contributed by atoms with Gasteiger partial charge in [0, 0.05) is 13.1 Å². The summed E-state index contributed by atoms with van der Waals surface area (Å²) < 4.78 is 1.46. The van der Waals surface area contributed by atoms with E-state index >= 15 is 0 Å². The van der Waals surface area contributed by atoms with E-state index in [0.29, 0.717) is 0 Å². The van der Waals surface area contributed by atoms with Gasteiger partial charge >= 0.3 is 6.03 Å². The summed E-state index contributed by atoms with van der Waals surface area (Å²) in [4.78, 5) is 10.3. The molecule has 1 rings (SSSR count). The number of carbonyl (C=O) groups is 1. The van der Waals surface area contributed by atoms with Crippen LogP contribution < -0.4 is 5.32 Å². The quantitative estimate of drug-likeness (QED) is 0.405. The van der Waals surface area contributed by atoms with Crippen LogP contribution in [-0.4, -0.2) is 34.1 Å². The number of hydrogen-bond acceptors (Lipinski definition) is 1. The molecule has 1 fully saturated rings. The van der Waals surface area contributed by atoms with Crippen molar-refractivity contribution in [2.45, 2.75) is 0 Å². The number of amides is 2. The molecule has 0 aliphatic carbocycles. The second-order valence-electron chi connectivity index (χ2n) is 1.38. The van der Waals surface area contributed by atoms with Crippen LogP contribution >= 0.6 is 0 Å². The first-order chi connectivity index (χ1) is 3.30. The van der Waals surface area contributed by atoms with Crippen LogP contribution in [0.4, 0.5) is 4.79 Å². The van der Waals surface area contributed by atoms with E-state index in [1.54, 1.807) is 0 Å². The van der Waals surface area contributed by atoms with Crippen molar-refractivity contribution in [3.8, 4) is 0 Å². The molecule has 1 aliphatic rings. The minimum Gasteiger partial charge on any atom is -0.352 e. The van der Waals surface area contributed by atoms with Crippen molar-refractivity contribution in [3.05, 3.63) is 0 Å². The van der Waals surface area contributed by atoms with E-state index in [9.17, 15) is 4.79 Å². The van der Waals surface area contributed by atoms with Crippen molar-refractivity contribution < 1.29 is 4.79 Å². The molecular formula is C3H5N2OSi. The number of nitrogens with one attached hydrogen (secondary N) is 1. The molecule has 0 aromatic carbocycles. The smallest absolute Gasteiger partial charge is 0.309 e. The molecule has 0 saturated carbocycles. The zero-order valence-electron chi connectivity index (χ0n) is 3.77. The van der Waals surface area contributed by atoms with Crippen LogP contribution in [0.3, 0.4) is 0 Å². The number of nitrogens with zero attached hydrogens (tertiary/aromatic N) is 1. The summed E-state index contributed by atoms with van der Waals surface area (Å²) in [5.74, 6) is 0. The second-order valence-corrected chi connectivity index (χ2v) is 1.92. The van der Waals surface area contributed by atoms with Crippen molar-refractivity contribution in [1.29, 1.82) is 0 Å². The summed E-state index contributed by atoms with van der Waals surface area (Å²) >= 11 is 0. The highest BCUT2D eigenvalue weighted by Crippen LogP contribution is 1.87. The van der Waals surface area contributed by atoms with Crippen LogP contribution in [0.2, 0.25) is 0 Å². The van der Waals surface area contributed by atoms with E-state index in [1.807, 2.05) is 0 Å². The van der Waals surface area contributed by atoms with Crippen molar-refractivity contribution in [3.63, 3.8) is 0 Å². The highest BCUT2D eigenvalue weighted by Gasteiger charge is 2.12. The van der Waals surface area contributed by atoms with Gasteiger partial charge in [-0.1, -0.05) is 0 Å². The van der Waals surface area contributed by atoms with Crippen molar-refractivity contribution in [1.82, 2.24) is 9.88 Å². The maximum absolute atomic E-state index is 10.3. The fraction of sp³-hybridized carbons (Fsp3) is 0.667. The third-order valence-electron chi connectivity index (χ3n) is 0.857. The molecule has 3 radical (unpaired) electrons. The molecule has 37 valence electrons. The summed E-state index contributed by atoms with van der Waals surface area (Å²) in [6.45, 7) is 1.51. The van der Waals surface area contributed by atoms with E-state index in [0.717, 1.165) is 13.1 Å². The predicted octanol–water partition coefficient (Wildman–Crippen LogP) is -0.905. The Morgan fingerprint density at radius 1 is 1.86 bits per heavy atom. The molecular weight excluding hydrogens is 108 g/mol. The summed E-state index contributed by atoms with van der Waals surface area (Å²) in [7, 11) is 3.07. The van der Waals surface area contributed by atoms with Gasteiger partial charge in [0.25, 0.3) is 0 Å². The maximum Gasteiger partial charge on any atom is 0.309 e. The topological polar surface area (TPSA) is 32.3 Å². The van der Waals surface area contributed by atoms with Crippen LogP contribution in [0.5, 0.6) is 0 Å². The largest absolute Gasteiger partial charge is 0.352 e.